The molecule has 0 bridgehead atoms. The molecule has 2 rings (SSSR count). The van der Waals surface area contributed by atoms with E-state index in [2.05, 4.69) is 5.10 Å². The van der Waals surface area contributed by atoms with Crippen molar-refractivity contribution in [3.63, 3.8) is 0 Å². The first-order valence-electron chi connectivity index (χ1n) is 6.13. The SMILES string of the molecule is Cc1nn(Cc2ccc(F)cc2Cl)c(C)c1C(C)N. The number of nitrogens with two attached hydrogens (primary N) is 1. The van der Waals surface area contributed by atoms with Gasteiger partial charge in [0.15, 0.2) is 0 Å². The summed E-state index contributed by atoms with van der Waals surface area (Å²) in [6, 6.07) is 4.34. The Balaban J connectivity index is 2.36. The lowest BCUT2D eigenvalue weighted by Crippen LogP contribution is -2.09. The molecule has 0 radical (unpaired) electrons. The smallest absolute Gasteiger partial charge is 0.124 e. The third-order valence-electron chi connectivity index (χ3n) is 3.23. The van der Waals surface area contributed by atoms with Crippen molar-refractivity contribution in [2.45, 2.75) is 33.4 Å². The molecule has 0 spiro atoms. The van der Waals surface area contributed by atoms with Crippen LogP contribution in [0.25, 0.3) is 0 Å². The summed E-state index contributed by atoms with van der Waals surface area (Å²) >= 11 is 6.04. The van der Waals surface area contributed by atoms with Crippen LogP contribution in [0.5, 0.6) is 0 Å². The van der Waals surface area contributed by atoms with Gasteiger partial charge >= 0.3 is 0 Å². The predicted octanol–water partition coefficient (Wildman–Crippen LogP) is 3.36. The van der Waals surface area contributed by atoms with Gasteiger partial charge in [-0.15, -0.1) is 0 Å². The first-order valence-corrected chi connectivity index (χ1v) is 6.51. The third kappa shape index (κ3) is 2.80. The lowest BCUT2D eigenvalue weighted by Gasteiger charge is -2.09. The second kappa shape index (κ2) is 5.31. The van der Waals surface area contributed by atoms with Crippen LogP contribution in [0.1, 0.15) is 35.5 Å². The van der Waals surface area contributed by atoms with E-state index >= 15 is 0 Å². The molecule has 1 heterocycles. The van der Waals surface area contributed by atoms with Crippen molar-refractivity contribution in [3.8, 4) is 0 Å². The average Bonchev–Trinajstić information content (AvgIpc) is 2.58. The Labute approximate surface area is 117 Å². The van der Waals surface area contributed by atoms with Crippen molar-refractivity contribution in [1.82, 2.24) is 9.78 Å². The molecule has 1 aromatic heterocycles. The number of nitrogens with zero attached hydrogens (tertiary/aromatic N) is 2. The second-order valence-corrected chi connectivity index (χ2v) is 5.17. The Kier molecular flexibility index (Phi) is 3.92. The molecule has 0 fully saturated rings. The highest BCUT2D eigenvalue weighted by Gasteiger charge is 2.15. The number of benzene rings is 1. The topological polar surface area (TPSA) is 43.8 Å². The van der Waals surface area contributed by atoms with Crippen LogP contribution < -0.4 is 5.73 Å². The lowest BCUT2D eigenvalue weighted by atomic mass is 10.1. The van der Waals surface area contributed by atoms with Crippen molar-refractivity contribution in [1.29, 1.82) is 0 Å². The van der Waals surface area contributed by atoms with Crippen LogP contribution in [0.2, 0.25) is 5.02 Å². The zero-order chi connectivity index (χ0) is 14.2. The van der Waals surface area contributed by atoms with Crippen LogP contribution in [0.3, 0.4) is 0 Å². The van der Waals surface area contributed by atoms with E-state index in [0.717, 1.165) is 22.5 Å². The maximum atomic E-state index is 13.0. The van der Waals surface area contributed by atoms with Crippen LogP contribution in [-0.2, 0) is 6.54 Å². The monoisotopic (exact) mass is 281 g/mol. The molecule has 1 unspecified atom stereocenters. The Hall–Kier alpha value is -1.39. The van der Waals surface area contributed by atoms with Gasteiger partial charge in [0.1, 0.15) is 5.82 Å². The standard InChI is InChI=1S/C14H17ClFN3/c1-8(17)14-9(2)18-19(10(14)3)7-11-4-5-12(16)6-13(11)15/h4-6,8H,7,17H2,1-3H3. The van der Waals surface area contributed by atoms with E-state index < -0.39 is 0 Å². The van der Waals surface area contributed by atoms with Crippen molar-refractivity contribution in [2.75, 3.05) is 0 Å². The molecule has 2 N–H and O–H groups in total. The highest BCUT2D eigenvalue weighted by atomic mass is 35.5. The summed E-state index contributed by atoms with van der Waals surface area (Å²) in [5.41, 5.74) is 9.78. The number of rotatable bonds is 3. The zero-order valence-corrected chi connectivity index (χ0v) is 12.0. The van der Waals surface area contributed by atoms with E-state index in [1.165, 1.54) is 12.1 Å². The van der Waals surface area contributed by atoms with Gasteiger partial charge in [0.05, 0.1) is 12.2 Å². The highest BCUT2D eigenvalue weighted by Crippen LogP contribution is 2.23. The van der Waals surface area contributed by atoms with Gasteiger partial charge in [-0.3, -0.25) is 4.68 Å². The third-order valence-corrected chi connectivity index (χ3v) is 3.58. The molecule has 0 aliphatic heterocycles. The first kappa shape index (κ1) is 14.0. The van der Waals surface area contributed by atoms with Gasteiger partial charge in [0.25, 0.3) is 0 Å². The summed E-state index contributed by atoms with van der Waals surface area (Å²) in [7, 11) is 0. The van der Waals surface area contributed by atoms with Gasteiger partial charge < -0.3 is 5.73 Å². The molecule has 1 atom stereocenters. The average molecular weight is 282 g/mol. The van der Waals surface area contributed by atoms with E-state index in [4.69, 9.17) is 17.3 Å². The van der Waals surface area contributed by atoms with E-state index in [1.54, 1.807) is 6.07 Å². The number of halogens is 2. The normalized spacial score (nSPS) is 12.7. The summed E-state index contributed by atoms with van der Waals surface area (Å²) in [6.45, 7) is 6.37. The number of aromatic nitrogens is 2. The van der Waals surface area contributed by atoms with Gasteiger partial charge in [-0.25, -0.2) is 4.39 Å². The number of hydrogen-bond acceptors (Lipinski definition) is 2. The van der Waals surface area contributed by atoms with Crippen LogP contribution >= 0.6 is 11.6 Å². The van der Waals surface area contributed by atoms with Crippen LogP contribution in [0.4, 0.5) is 4.39 Å². The molecule has 3 nitrogen and oxygen atoms in total. The van der Waals surface area contributed by atoms with Crippen LogP contribution in [-0.4, -0.2) is 9.78 Å². The Morgan fingerprint density at radius 1 is 1.42 bits per heavy atom. The number of hydrogen-bond donors (Lipinski definition) is 1. The van der Waals surface area contributed by atoms with Gasteiger partial charge in [-0.05, 0) is 38.5 Å². The minimum absolute atomic E-state index is 0.0579. The van der Waals surface area contributed by atoms with Crippen molar-refractivity contribution in [2.24, 2.45) is 5.73 Å². The van der Waals surface area contributed by atoms with E-state index in [9.17, 15) is 4.39 Å². The first-order chi connectivity index (χ1) is 8.90. The minimum Gasteiger partial charge on any atom is -0.324 e. The van der Waals surface area contributed by atoms with E-state index in [1.807, 2.05) is 25.5 Å². The number of aryl methyl sites for hydroxylation is 1. The summed E-state index contributed by atoms with van der Waals surface area (Å²) in [5, 5.41) is 4.89. The molecular formula is C14H17ClFN3. The fourth-order valence-electron chi connectivity index (χ4n) is 2.33. The molecule has 1 aromatic carbocycles. The van der Waals surface area contributed by atoms with Crippen LogP contribution in [0.15, 0.2) is 18.2 Å². The predicted molar refractivity (Wildman–Crippen MR) is 74.8 cm³/mol. The summed E-state index contributed by atoms with van der Waals surface area (Å²) < 4.78 is 14.9. The van der Waals surface area contributed by atoms with Crippen molar-refractivity contribution < 1.29 is 4.39 Å². The van der Waals surface area contributed by atoms with E-state index in [-0.39, 0.29) is 11.9 Å². The fourth-order valence-corrected chi connectivity index (χ4v) is 2.56. The minimum atomic E-state index is -0.335. The second-order valence-electron chi connectivity index (χ2n) is 4.77. The van der Waals surface area contributed by atoms with Gasteiger partial charge in [-0.1, -0.05) is 17.7 Å². The molecule has 2 aromatic rings. The summed E-state index contributed by atoms with van der Waals surface area (Å²) in [6.07, 6.45) is 0. The summed E-state index contributed by atoms with van der Waals surface area (Å²) in [4.78, 5) is 0. The molecule has 0 saturated carbocycles. The molecule has 0 aliphatic rings. The maximum Gasteiger partial charge on any atom is 0.124 e. The van der Waals surface area contributed by atoms with Gasteiger partial charge in [0.2, 0.25) is 0 Å². The van der Waals surface area contributed by atoms with Crippen LogP contribution in [0, 0.1) is 19.7 Å². The zero-order valence-electron chi connectivity index (χ0n) is 11.2. The molecule has 0 amide bonds. The Morgan fingerprint density at radius 2 is 2.11 bits per heavy atom. The molecule has 5 heteroatoms. The van der Waals surface area contributed by atoms with E-state index in [0.29, 0.717) is 11.6 Å². The molecule has 0 saturated heterocycles. The van der Waals surface area contributed by atoms with Crippen molar-refractivity contribution >= 4 is 11.6 Å². The molecule has 19 heavy (non-hydrogen) atoms. The maximum absolute atomic E-state index is 13.0. The van der Waals surface area contributed by atoms with Gasteiger partial charge in [-0.2, -0.15) is 5.10 Å². The molecule has 102 valence electrons. The Morgan fingerprint density at radius 3 is 2.63 bits per heavy atom. The summed E-state index contributed by atoms with van der Waals surface area (Å²) in [5.74, 6) is -0.335. The quantitative estimate of drug-likeness (QED) is 0.937. The lowest BCUT2D eigenvalue weighted by molar-refractivity contribution is 0.622. The fraction of sp³-hybridized carbons (Fsp3) is 0.357. The van der Waals surface area contributed by atoms with Crippen molar-refractivity contribution in [3.05, 3.63) is 51.6 Å². The molecular weight excluding hydrogens is 265 g/mol. The highest BCUT2D eigenvalue weighted by molar-refractivity contribution is 6.31. The Bertz CT molecular complexity index is 605. The largest absolute Gasteiger partial charge is 0.324 e. The molecule has 0 aliphatic carbocycles. The van der Waals surface area contributed by atoms with Gasteiger partial charge in [0, 0.05) is 22.3 Å².